The second-order valence-electron chi connectivity index (χ2n) is 6.35. The Bertz CT molecular complexity index is 1010. The molecule has 0 aliphatic carbocycles. The third kappa shape index (κ3) is 3.29. The maximum Gasteiger partial charge on any atom is 0.225 e. The van der Waals surface area contributed by atoms with Crippen LogP contribution in [0.25, 0.3) is 16.7 Å². The Kier molecular flexibility index (Phi) is 4.99. The van der Waals surface area contributed by atoms with E-state index in [0.717, 1.165) is 34.9 Å². The fraction of sp³-hybridized carbons (Fsp3) is 0.300. The molecule has 6 nitrogen and oxygen atoms in total. The van der Waals surface area contributed by atoms with Crippen LogP contribution in [0.3, 0.4) is 0 Å². The van der Waals surface area contributed by atoms with E-state index in [0.29, 0.717) is 23.6 Å². The zero-order valence-electron chi connectivity index (χ0n) is 15.2. The molecule has 0 unspecified atom stereocenters. The zero-order chi connectivity index (χ0) is 18.7. The number of nitrogens with zero attached hydrogens (tertiary/aromatic N) is 4. The molecule has 3 rings (SSSR count). The minimum Gasteiger partial charge on any atom is -0.309 e. The lowest BCUT2D eigenvalue weighted by Crippen LogP contribution is -2.16. The van der Waals surface area contributed by atoms with Crippen LogP contribution in [0.5, 0.6) is 0 Å². The Labute approximate surface area is 152 Å². The van der Waals surface area contributed by atoms with Crippen molar-refractivity contribution < 1.29 is 4.79 Å². The van der Waals surface area contributed by atoms with E-state index in [4.69, 9.17) is 4.98 Å². The summed E-state index contributed by atoms with van der Waals surface area (Å²) in [6.45, 7) is 6.05. The SMILES string of the molecule is CCCCC(=O)Nc1c(C#N)cnn1-c1cc(C)c2cccc(C)c2n1. The second kappa shape index (κ2) is 7.36. The largest absolute Gasteiger partial charge is 0.309 e. The molecule has 1 amide bonds. The minimum absolute atomic E-state index is 0.126. The number of aryl methyl sites for hydroxylation is 2. The number of fused-ring (bicyclic) bond motifs is 1. The van der Waals surface area contributed by atoms with Crippen LogP contribution in [0.4, 0.5) is 5.82 Å². The van der Waals surface area contributed by atoms with Gasteiger partial charge >= 0.3 is 0 Å². The quantitative estimate of drug-likeness (QED) is 0.755. The predicted octanol–water partition coefficient (Wildman–Crippen LogP) is 4.04. The van der Waals surface area contributed by atoms with Crippen molar-refractivity contribution in [2.24, 2.45) is 0 Å². The first-order valence-electron chi connectivity index (χ1n) is 8.70. The number of para-hydroxylation sites is 1. The van der Waals surface area contributed by atoms with E-state index in [1.807, 2.05) is 45.0 Å². The number of amides is 1. The molecule has 132 valence electrons. The molecule has 0 saturated heterocycles. The number of pyridine rings is 1. The number of rotatable bonds is 5. The number of anilines is 1. The van der Waals surface area contributed by atoms with Crippen LogP contribution >= 0.6 is 0 Å². The van der Waals surface area contributed by atoms with Gasteiger partial charge < -0.3 is 5.32 Å². The Morgan fingerprint density at radius 2 is 2.12 bits per heavy atom. The van der Waals surface area contributed by atoms with Crippen LogP contribution < -0.4 is 5.32 Å². The first-order valence-corrected chi connectivity index (χ1v) is 8.70. The molecule has 0 fully saturated rings. The van der Waals surface area contributed by atoms with Crippen molar-refractivity contribution in [1.82, 2.24) is 14.8 Å². The average Bonchev–Trinajstić information content (AvgIpc) is 3.03. The summed E-state index contributed by atoms with van der Waals surface area (Å²) in [4.78, 5) is 16.9. The topological polar surface area (TPSA) is 83.6 Å². The van der Waals surface area contributed by atoms with E-state index >= 15 is 0 Å². The van der Waals surface area contributed by atoms with Gasteiger partial charge in [-0.1, -0.05) is 31.5 Å². The minimum atomic E-state index is -0.126. The maximum absolute atomic E-state index is 12.2. The Morgan fingerprint density at radius 3 is 2.85 bits per heavy atom. The van der Waals surface area contributed by atoms with Crippen LogP contribution in [-0.4, -0.2) is 20.7 Å². The fourth-order valence-corrected chi connectivity index (χ4v) is 2.91. The van der Waals surface area contributed by atoms with Gasteiger partial charge in [0.1, 0.15) is 11.6 Å². The first kappa shape index (κ1) is 17.6. The van der Waals surface area contributed by atoms with Gasteiger partial charge in [-0.05, 0) is 37.5 Å². The monoisotopic (exact) mass is 347 g/mol. The van der Waals surface area contributed by atoms with Gasteiger partial charge in [0.2, 0.25) is 5.91 Å². The molecule has 6 heteroatoms. The second-order valence-corrected chi connectivity index (χ2v) is 6.35. The molecule has 1 aromatic carbocycles. The van der Waals surface area contributed by atoms with Gasteiger partial charge in [-0.15, -0.1) is 0 Å². The van der Waals surface area contributed by atoms with Gasteiger partial charge in [0, 0.05) is 11.8 Å². The molecule has 3 aromatic rings. The number of benzene rings is 1. The van der Waals surface area contributed by atoms with E-state index in [1.54, 1.807) is 0 Å². The number of aromatic nitrogens is 3. The maximum atomic E-state index is 12.2. The average molecular weight is 347 g/mol. The van der Waals surface area contributed by atoms with Crippen molar-refractivity contribution in [2.45, 2.75) is 40.0 Å². The van der Waals surface area contributed by atoms with Gasteiger partial charge in [-0.2, -0.15) is 15.0 Å². The van der Waals surface area contributed by atoms with Gasteiger partial charge in [0.25, 0.3) is 0 Å². The van der Waals surface area contributed by atoms with Crippen molar-refractivity contribution in [2.75, 3.05) is 5.32 Å². The van der Waals surface area contributed by atoms with Gasteiger partial charge in [-0.25, -0.2) is 4.98 Å². The van der Waals surface area contributed by atoms with E-state index in [1.165, 1.54) is 10.9 Å². The number of hydrogen-bond acceptors (Lipinski definition) is 4. The van der Waals surface area contributed by atoms with Gasteiger partial charge in [0.05, 0.1) is 11.7 Å². The highest BCUT2D eigenvalue weighted by Gasteiger charge is 2.17. The van der Waals surface area contributed by atoms with Gasteiger partial charge in [-0.3, -0.25) is 4.79 Å². The summed E-state index contributed by atoms with van der Waals surface area (Å²) in [6, 6.07) is 10.0. The third-order valence-corrected chi connectivity index (χ3v) is 4.36. The number of hydrogen-bond donors (Lipinski definition) is 1. The predicted molar refractivity (Wildman–Crippen MR) is 101 cm³/mol. The molecular weight excluding hydrogens is 326 g/mol. The third-order valence-electron chi connectivity index (χ3n) is 4.36. The standard InChI is InChI=1S/C20H21N5O/c1-4-5-9-18(26)24-20-15(11-21)12-22-25(20)17-10-14(3)16-8-6-7-13(2)19(16)23-17/h6-8,10,12H,4-5,9H2,1-3H3,(H,24,26). The van der Waals surface area contributed by atoms with E-state index in [2.05, 4.69) is 16.5 Å². The van der Waals surface area contributed by atoms with Crippen LogP contribution in [0, 0.1) is 25.2 Å². The summed E-state index contributed by atoms with van der Waals surface area (Å²) >= 11 is 0. The van der Waals surface area contributed by atoms with Crippen LogP contribution in [0.15, 0.2) is 30.5 Å². The van der Waals surface area contributed by atoms with Crippen LogP contribution in [0.2, 0.25) is 0 Å². The molecule has 2 aromatic heterocycles. The summed E-state index contributed by atoms with van der Waals surface area (Å²) in [5.41, 5.74) is 3.33. The Hall–Kier alpha value is -3.20. The van der Waals surface area contributed by atoms with Crippen molar-refractivity contribution in [3.63, 3.8) is 0 Å². The molecule has 0 radical (unpaired) electrons. The molecule has 0 saturated carbocycles. The number of nitrogens with one attached hydrogen (secondary N) is 1. The molecule has 2 heterocycles. The summed E-state index contributed by atoms with van der Waals surface area (Å²) < 4.78 is 1.53. The Morgan fingerprint density at radius 1 is 1.31 bits per heavy atom. The van der Waals surface area contributed by atoms with E-state index < -0.39 is 0 Å². The lowest BCUT2D eigenvalue weighted by Gasteiger charge is -2.12. The lowest BCUT2D eigenvalue weighted by atomic mass is 10.1. The van der Waals surface area contributed by atoms with E-state index in [-0.39, 0.29) is 5.91 Å². The number of carbonyl (C=O) groups excluding carboxylic acids is 1. The molecule has 0 bridgehead atoms. The van der Waals surface area contributed by atoms with Crippen LogP contribution in [-0.2, 0) is 4.79 Å². The summed E-state index contributed by atoms with van der Waals surface area (Å²) in [6.07, 6.45) is 3.60. The first-order chi connectivity index (χ1) is 12.5. The van der Waals surface area contributed by atoms with E-state index in [9.17, 15) is 10.1 Å². The van der Waals surface area contributed by atoms with Crippen molar-refractivity contribution in [1.29, 1.82) is 5.26 Å². The fourth-order valence-electron chi connectivity index (χ4n) is 2.91. The summed E-state index contributed by atoms with van der Waals surface area (Å²) in [7, 11) is 0. The highest BCUT2D eigenvalue weighted by atomic mass is 16.1. The zero-order valence-corrected chi connectivity index (χ0v) is 15.2. The molecule has 0 atom stereocenters. The molecule has 0 spiro atoms. The smallest absolute Gasteiger partial charge is 0.225 e. The molecule has 0 aliphatic heterocycles. The number of unbranched alkanes of at least 4 members (excludes halogenated alkanes) is 1. The normalized spacial score (nSPS) is 10.7. The number of nitriles is 1. The number of carbonyl (C=O) groups is 1. The molecule has 1 N–H and O–H groups in total. The molecular formula is C20H21N5O. The van der Waals surface area contributed by atoms with Crippen LogP contribution in [0.1, 0.15) is 42.9 Å². The van der Waals surface area contributed by atoms with Crippen molar-refractivity contribution >= 4 is 22.6 Å². The molecule has 26 heavy (non-hydrogen) atoms. The van der Waals surface area contributed by atoms with Gasteiger partial charge in [0.15, 0.2) is 11.6 Å². The summed E-state index contributed by atoms with van der Waals surface area (Å²) in [5.74, 6) is 0.823. The molecule has 0 aliphatic rings. The Balaban J connectivity index is 2.09. The highest BCUT2D eigenvalue weighted by Crippen LogP contribution is 2.25. The lowest BCUT2D eigenvalue weighted by molar-refractivity contribution is -0.116. The van der Waals surface area contributed by atoms with Crippen molar-refractivity contribution in [3.05, 3.63) is 47.2 Å². The summed E-state index contributed by atoms with van der Waals surface area (Å²) in [5, 5.41) is 17.6. The van der Waals surface area contributed by atoms with Crippen molar-refractivity contribution in [3.8, 4) is 11.9 Å². The highest BCUT2D eigenvalue weighted by molar-refractivity contribution is 5.91.